The Hall–Kier alpha value is -4.20. The van der Waals surface area contributed by atoms with Crippen LogP contribution in [0.5, 0.6) is 23.0 Å². The fourth-order valence-electron chi connectivity index (χ4n) is 4.03. The molecule has 0 bridgehead atoms. The number of anilines is 2. The number of methoxy groups -OCH3 is 4. The molecular formula is C27H29N3O5. The van der Waals surface area contributed by atoms with Crippen LogP contribution < -0.4 is 29.6 Å². The average molecular weight is 476 g/mol. The van der Waals surface area contributed by atoms with E-state index in [1.807, 2.05) is 36.4 Å². The minimum absolute atomic E-state index is 0.368. The summed E-state index contributed by atoms with van der Waals surface area (Å²) in [4.78, 5) is 17.3. The zero-order valence-corrected chi connectivity index (χ0v) is 20.3. The van der Waals surface area contributed by atoms with Gasteiger partial charge in [0.2, 0.25) is 0 Å². The molecule has 2 amide bonds. The first-order valence-corrected chi connectivity index (χ1v) is 11.2. The molecule has 35 heavy (non-hydrogen) atoms. The summed E-state index contributed by atoms with van der Waals surface area (Å²) in [6, 6.07) is 16.6. The number of benzene rings is 3. The van der Waals surface area contributed by atoms with Crippen molar-refractivity contribution in [2.45, 2.75) is 12.8 Å². The highest BCUT2D eigenvalue weighted by molar-refractivity contribution is 6.04. The molecule has 3 aromatic rings. The Balaban J connectivity index is 1.42. The van der Waals surface area contributed by atoms with Crippen molar-refractivity contribution in [1.29, 1.82) is 0 Å². The molecule has 0 unspecified atom stereocenters. The molecule has 4 rings (SSSR count). The van der Waals surface area contributed by atoms with Crippen molar-refractivity contribution >= 4 is 23.1 Å². The number of aliphatic imine (C=N–C) groups is 1. The van der Waals surface area contributed by atoms with Gasteiger partial charge >= 0.3 is 6.03 Å². The number of hydrogen-bond donors (Lipinski definition) is 2. The van der Waals surface area contributed by atoms with Crippen LogP contribution in [0, 0.1) is 0 Å². The van der Waals surface area contributed by atoms with Crippen LogP contribution in [0.1, 0.15) is 16.7 Å². The second kappa shape index (κ2) is 10.8. The van der Waals surface area contributed by atoms with E-state index in [1.54, 1.807) is 39.5 Å². The summed E-state index contributed by atoms with van der Waals surface area (Å²) in [5.74, 6) is 2.58. The fraction of sp³-hybridized carbons (Fsp3) is 0.259. The van der Waals surface area contributed by atoms with E-state index in [-0.39, 0.29) is 6.03 Å². The minimum Gasteiger partial charge on any atom is -0.497 e. The summed E-state index contributed by atoms with van der Waals surface area (Å²) in [6.07, 6.45) is 1.55. The lowest BCUT2D eigenvalue weighted by Crippen LogP contribution is -2.20. The largest absolute Gasteiger partial charge is 0.497 e. The number of fused-ring (bicyclic) bond motifs is 1. The van der Waals surface area contributed by atoms with Gasteiger partial charge in [-0.05, 0) is 53.9 Å². The number of urea groups is 1. The highest BCUT2D eigenvalue weighted by atomic mass is 16.5. The number of nitrogens with one attached hydrogen (secondary N) is 2. The molecule has 8 nitrogen and oxygen atoms in total. The Morgan fingerprint density at radius 3 is 2.23 bits per heavy atom. The summed E-state index contributed by atoms with van der Waals surface area (Å²) < 4.78 is 21.4. The number of rotatable bonds is 8. The second-order valence-corrected chi connectivity index (χ2v) is 7.96. The zero-order valence-electron chi connectivity index (χ0n) is 20.3. The highest BCUT2D eigenvalue weighted by Crippen LogP contribution is 2.33. The molecule has 0 saturated heterocycles. The Morgan fingerprint density at radius 2 is 1.54 bits per heavy atom. The molecule has 182 valence electrons. The maximum Gasteiger partial charge on any atom is 0.323 e. The van der Waals surface area contributed by atoms with Gasteiger partial charge in [0.05, 0.1) is 34.1 Å². The van der Waals surface area contributed by atoms with Crippen LogP contribution in [-0.4, -0.2) is 46.7 Å². The van der Waals surface area contributed by atoms with Gasteiger partial charge in [-0.3, -0.25) is 4.99 Å². The summed E-state index contributed by atoms with van der Waals surface area (Å²) in [5, 5.41) is 5.65. The maximum absolute atomic E-state index is 12.5. The molecule has 0 saturated carbocycles. The summed E-state index contributed by atoms with van der Waals surface area (Å²) in [5.41, 5.74) is 5.62. The van der Waals surface area contributed by atoms with Gasteiger partial charge in [0.15, 0.2) is 11.5 Å². The predicted molar refractivity (Wildman–Crippen MR) is 137 cm³/mol. The number of carbonyl (C=O) groups excluding carboxylic acids is 1. The molecule has 0 radical (unpaired) electrons. The molecule has 0 atom stereocenters. The molecule has 1 heterocycles. The van der Waals surface area contributed by atoms with E-state index >= 15 is 0 Å². The van der Waals surface area contributed by atoms with Gasteiger partial charge in [0.25, 0.3) is 0 Å². The number of amides is 2. The smallest absolute Gasteiger partial charge is 0.323 e. The van der Waals surface area contributed by atoms with E-state index in [0.717, 1.165) is 35.6 Å². The van der Waals surface area contributed by atoms with Gasteiger partial charge < -0.3 is 29.6 Å². The first kappa shape index (κ1) is 23.9. The van der Waals surface area contributed by atoms with Crippen molar-refractivity contribution in [2.75, 3.05) is 45.6 Å². The lowest BCUT2D eigenvalue weighted by atomic mass is 9.93. The van der Waals surface area contributed by atoms with Gasteiger partial charge in [-0.2, -0.15) is 0 Å². The van der Waals surface area contributed by atoms with Gasteiger partial charge in [-0.15, -0.1) is 0 Å². The van der Waals surface area contributed by atoms with Crippen molar-refractivity contribution in [1.82, 2.24) is 0 Å². The van der Waals surface area contributed by atoms with Gasteiger partial charge in [-0.1, -0.05) is 12.1 Å². The predicted octanol–water partition coefficient (Wildman–Crippen LogP) is 4.95. The highest BCUT2D eigenvalue weighted by Gasteiger charge is 2.19. The van der Waals surface area contributed by atoms with Crippen LogP contribution >= 0.6 is 0 Å². The summed E-state index contributed by atoms with van der Waals surface area (Å²) in [7, 11) is 6.39. The molecule has 8 heteroatoms. The van der Waals surface area contributed by atoms with Crippen LogP contribution in [0.2, 0.25) is 0 Å². The normalized spacial score (nSPS) is 12.2. The molecule has 1 aliphatic rings. The number of ether oxygens (including phenoxy) is 4. The number of carbonyl (C=O) groups is 1. The molecule has 0 fully saturated rings. The van der Waals surface area contributed by atoms with Crippen molar-refractivity contribution in [3.05, 3.63) is 71.3 Å². The molecule has 2 N–H and O–H groups in total. The first-order chi connectivity index (χ1) is 17.0. The Bertz CT molecular complexity index is 1240. The zero-order chi connectivity index (χ0) is 24.8. The third-order valence-corrected chi connectivity index (χ3v) is 5.84. The first-order valence-electron chi connectivity index (χ1n) is 11.2. The summed E-state index contributed by atoms with van der Waals surface area (Å²) >= 11 is 0. The number of nitrogens with zero attached hydrogens (tertiary/aromatic N) is 1. The molecule has 0 spiro atoms. The van der Waals surface area contributed by atoms with Crippen molar-refractivity contribution in [3.8, 4) is 23.0 Å². The van der Waals surface area contributed by atoms with Crippen LogP contribution in [0.15, 0.2) is 59.6 Å². The van der Waals surface area contributed by atoms with Gasteiger partial charge in [-0.25, -0.2) is 4.79 Å². The Kier molecular flexibility index (Phi) is 7.40. The number of hydrogen-bond acceptors (Lipinski definition) is 6. The van der Waals surface area contributed by atoms with Gasteiger partial charge in [0.1, 0.15) is 11.5 Å². The van der Waals surface area contributed by atoms with E-state index in [1.165, 1.54) is 12.7 Å². The van der Waals surface area contributed by atoms with Crippen LogP contribution in [0.3, 0.4) is 0 Å². The monoisotopic (exact) mass is 475 g/mol. The average Bonchev–Trinajstić information content (AvgIpc) is 2.89. The van der Waals surface area contributed by atoms with Gasteiger partial charge in [0, 0.05) is 36.0 Å². The van der Waals surface area contributed by atoms with Crippen molar-refractivity contribution < 1.29 is 23.7 Å². The standard InChI is InChI=1S/C27H29N3O5/c1-32-20-9-10-22(24(15-20)33-2)30-27(31)29-19-7-5-17(6-8-19)13-23-21-16-26(35-4)25(34-3)14-18(21)11-12-28-23/h5-10,14-16H,11-13H2,1-4H3,(H2,29,30,31). The topological polar surface area (TPSA) is 90.4 Å². The quantitative estimate of drug-likeness (QED) is 0.481. The van der Waals surface area contributed by atoms with E-state index in [0.29, 0.717) is 35.0 Å². The van der Waals surface area contributed by atoms with E-state index in [4.69, 9.17) is 23.9 Å². The molecule has 0 aliphatic carbocycles. The van der Waals surface area contributed by atoms with Crippen molar-refractivity contribution in [3.63, 3.8) is 0 Å². The third-order valence-electron chi connectivity index (χ3n) is 5.84. The lowest BCUT2D eigenvalue weighted by molar-refractivity contribution is 0.262. The van der Waals surface area contributed by atoms with Crippen molar-refractivity contribution in [2.24, 2.45) is 4.99 Å². The van der Waals surface area contributed by atoms with Crippen LogP contribution in [0.4, 0.5) is 16.2 Å². The molecule has 1 aliphatic heterocycles. The molecule has 0 aromatic heterocycles. The summed E-state index contributed by atoms with van der Waals surface area (Å²) in [6.45, 7) is 0.743. The minimum atomic E-state index is -0.368. The Labute approximate surface area is 204 Å². The maximum atomic E-state index is 12.5. The SMILES string of the molecule is COc1ccc(NC(=O)Nc2ccc(CC3=NCCc4cc(OC)c(OC)cc43)cc2)c(OC)c1. The second-order valence-electron chi connectivity index (χ2n) is 7.96. The van der Waals surface area contributed by atoms with E-state index < -0.39 is 0 Å². The third kappa shape index (κ3) is 5.48. The van der Waals surface area contributed by atoms with E-state index in [2.05, 4.69) is 10.6 Å². The fourth-order valence-corrected chi connectivity index (χ4v) is 4.03. The molecule has 3 aromatic carbocycles. The Morgan fingerprint density at radius 1 is 0.829 bits per heavy atom. The lowest BCUT2D eigenvalue weighted by Gasteiger charge is -2.20. The molecular weight excluding hydrogens is 446 g/mol. The van der Waals surface area contributed by atoms with E-state index in [9.17, 15) is 4.79 Å². The van der Waals surface area contributed by atoms with Crippen LogP contribution in [0.25, 0.3) is 0 Å². The van der Waals surface area contributed by atoms with Crippen LogP contribution in [-0.2, 0) is 12.8 Å².